The molecule has 1 aromatic rings. The van der Waals surface area contributed by atoms with E-state index in [1.165, 1.54) is 4.31 Å². The highest BCUT2D eigenvalue weighted by Crippen LogP contribution is 2.32. The van der Waals surface area contributed by atoms with E-state index in [0.717, 1.165) is 19.3 Å². The molecule has 0 radical (unpaired) electrons. The largest absolute Gasteiger partial charge is 0.462 e. The van der Waals surface area contributed by atoms with Crippen LogP contribution in [0.4, 0.5) is 0 Å². The van der Waals surface area contributed by atoms with Crippen LogP contribution in [0, 0.1) is 13.8 Å². The number of piperidine rings is 1. The summed E-state index contributed by atoms with van der Waals surface area (Å²) in [5.41, 5.74) is 1.36. The van der Waals surface area contributed by atoms with Gasteiger partial charge in [-0.2, -0.15) is 4.31 Å². The standard InChI is InChI=1S/C16H26N2O4S/c1-6-22-16(19)14-12(3)17(5)13(4)15(14)23(20,21)18-10-8-7-9-11(18)2/h11H,6-10H2,1-5H3/t11-/m0/s1. The van der Waals surface area contributed by atoms with Crippen molar-refractivity contribution in [3.05, 3.63) is 17.0 Å². The van der Waals surface area contributed by atoms with Gasteiger partial charge >= 0.3 is 5.97 Å². The van der Waals surface area contributed by atoms with Crippen LogP contribution in [-0.2, 0) is 21.8 Å². The predicted octanol–water partition coefficient (Wildman–Crippen LogP) is 2.38. The minimum absolute atomic E-state index is 0.0521. The minimum Gasteiger partial charge on any atom is -0.462 e. The molecule has 1 aromatic heterocycles. The predicted molar refractivity (Wildman–Crippen MR) is 88.0 cm³/mol. The Labute approximate surface area is 138 Å². The lowest BCUT2D eigenvalue weighted by Crippen LogP contribution is -2.42. The third kappa shape index (κ3) is 3.04. The van der Waals surface area contributed by atoms with Crippen molar-refractivity contribution in [3.8, 4) is 0 Å². The van der Waals surface area contributed by atoms with E-state index in [2.05, 4.69) is 0 Å². The maximum Gasteiger partial charge on any atom is 0.341 e. The van der Waals surface area contributed by atoms with Crippen molar-refractivity contribution in [2.75, 3.05) is 13.2 Å². The molecule has 1 atom stereocenters. The molecule has 6 nitrogen and oxygen atoms in total. The van der Waals surface area contributed by atoms with Crippen LogP contribution in [0.15, 0.2) is 4.90 Å². The number of nitrogens with zero attached hydrogens (tertiary/aromatic N) is 2. The highest BCUT2D eigenvalue weighted by atomic mass is 32.2. The zero-order chi connectivity index (χ0) is 17.4. The Hall–Kier alpha value is -1.34. The van der Waals surface area contributed by atoms with Crippen LogP contribution in [0.5, 0.6) is 0 Å². The molecule has 130 valence electrons. The zero-order valence-electron chi connectivity index (χ0n) is 14.5. The van der Waals surface area contributed by atoms with E-state index < -0.39 is 16.0 Å². The van der Waals surface area contributed by atoms with E-state index in [-0.39, 0.29) is 23.1 Å². The highest BCUT2D eigenvalue weighted by molar-refractivity contribution is 7.89. The Kier molecular flexibility index (Phi) is 5.20. The van der Waals surface area contributed by atoms with E-state index >= 15 is 0 Å². The average Bonchev–Trinajstić information content (AvgIpc) is 2.72. The lowest BCUT2D eigenvalue weighted by molar-refractivity contribution is 0.0520. The highest BCUT2D eigenvalue weighted by Gasteiger charge is 2.38. The van der Waals surface area contributed by atoms with Gasteiger partial charge in [-0.25, -0.2) is 13.2 Å². The summed E-state index contributed by atoms with van der Waals surface area (Å²) >= 11 is 0. The summed E-state index contributed by atoms with van der Waals surface area (Å²) in [6.07, 6.45) is 2.73. The molecule has 0 aromatic carbocycles. The molecular weight excluding hydrogens is 316 g/mol. The van der Waals surface area contributed by atoms with Crippen molar-refractivity contribution < 1.29 is 17.9 Å². The monoisotopic (exact) mass is 342 g/mol. The number of hydrogen-bond donors (Lipinski definition) is 0. The molecule has 0 bridgehead atoms. The van der Waals surface area contributed by atoms with Crippen molar-refractivity contribution in [3.63, 3.8) is 0 Å². The molecule has 0 saturated carbocycles. The zero-order valence-corrected chi connectivity index (χ0v) is 15.4. The molecule has 7 heteroatoms. The van der Waals surface area contributed by atoms with Crippen molar-refractivity contribution in [2.45, 2.75) is 57.9 Å². The van der Waals surface area contributed by atoms with Gasteiger partial charge in [0.25, 0.3) is 0 Å². The van der Waals surface area contributed by atoms with Crippen LogP contribution < -0.4 is 0 Å². The maximum atomic E-state index is 13.2. The van der Waals surface area contributed by atoms with Crippen LogP contribution in [0.2, 0.25) is 0 Å². The molecule has 1 saturated heterocycles. The molecule has 2 rings (SSSR count). The van der Waals surface area contributed by atoms with E-state index in [4.69, 9.17) is 4.74 Å². The Morgan fingerprint density at radius 3 is 2.48 bits per heavy atom. The molecule has 0 N–H and O–H groups in total. The summed E-state index contributed by atoms with van der Waals surface area (Å²) in [5, 5.41) is 0. The van der Waals surface area contributed by atoms with Crippen LogP contribution in [0.1, 0.15) is 54.9 Å². The SMILES string of the molecule is CCOC(=O)c1c(S(=O)(=O)N2CCCC[C@@H]2C)c(C)n(C)c1C. The van der Waals surface area contributed by atoms with Crippen molar-refractivity contribution >= 4 is 16.0 Å². The number of hydrogen-bond acceptors (Lipinski definition) is 4. The number of aromatic nitrogens is 1. The fraction of sp³-hybridized carbons (Fsp3) is 0.688. The first-order valence-corrected chi connectivity index (χ1v) is 9.52. The van der Waals surface area contributed by atoms with Gasteiger partial charge in [0.15, 0.2) is 0 Å². The van der Waals surface area contributed by atoms with Gasteiger partial charge in [-0.1, -0.05) is 6.42 Å². The van der Waals surface area contributed by atoms with Gasteiger partial charge < -0.3 is 9.30 Å². The second kappa shape index (κ2) is 6.65. The van der Waals surface area contributed by atoms with Crippen LogP contribution in [0.3, 0.4) is 0 Å². The smallest absolute Gasteiger partial charge is 0.341 e. The molecule has 0 unspecified atom stereocenters. The molecule has 23 heavy (non-hydrogen) atoms. The first-order chi connectivity index (χ1) is 10.7. The molecule has 0 spiro atoms. The summed E-state index contributed by atoms with van der Waals surface area (Å²) < 4.78 is 34.8. The van der Waals surface area contributed by atoms with Gasteiger partial charge in [0, 0.05) is 31.0 Å². The second-order valence-corrected chi connectivity index (χ2v) is 7.94. The first-order valence-electron chi connectivity index (χ1n) is 8.08. The molecular formula is C16H26N2O4S. The fourth-order valence-electron chi connectivity index (χ4n) is 3.22. The summed E-state index contributed by atoms with van der Waals surface area (Å²) in [6.45, 7) is 7.83. The third-order valence-electron chi connectivity index (χ3n) is 4.71. The van der Waals surface area contributed by atoms with Gasteiger partial charge in [0.1, 0.15) is 10.5 Å². The Balaban J connectivity index is 2.62. The molecule has 2 heterocycles. The second-order valence-electron chi connectivity index (χ2n) is 6.11. The van der Waals surface area contributed by atoms with Gasteiger partial charge in [-0.15, -0.1) is 0 Å². The van der Waals surface area contributed by atoms with E-state index in [1.807, 2.05) is 6.92 Å². The molecule has 1 aliphatic rings. The number of ether oxygens (including phenoxy) is 1. The first kappa shape index (κ1) is 18.0. The van der Waals surface area contributed by atoms with Gasteiger partial charge in [0.05, 0.1) is 6.61 Å². The van der Waals surface area contributed by atoms with Gasteiger partial charge in [-0.05, 0) is 40.5 Å². The molecule has 1 fully saturated rings. The topological polar surface area (TPSA) is 68.6 Å². The number of carbonyl (C=O) groups excluding carboxylic acids is 1. The third-order valence-corrected chi connectivity index (χ3v) is 6.89. The van der Waals surface area contributed by atoms with Crippen molar-refractivity contribution in [2.24, 2.45) is 7.05 Å². The normalized spacial score (nSPS) is 19.8. The van der Waals surface area contributed by atoms with Crippen molar-refractivity contribution in [1.29, 1.82) is 0 Å². The van der Waals surface area contributed by atoms with E-state index in [1.54, 1.807) is 32.4 Å². The number of sulfonamides is 1. The van der Waals surface area contributed by atoms with Crippen LogP contribution >= 0.6 is 0 Å². The van der Waals surface area contributed by atoms with Crippen LogP contribution in [0.25, 0.3) is 0 Å². The quantitative estimate of drug-likeness (QED) is 0.788. The number of carbonyl (C=O) groups is 1. The number of rotatable bonds is 4. The van der Waals surface area contributed by atoms with Crippen molar-refractivity contribution in [1.82, 2.24) is 8.87 Å². The van der Waals surface area contributed by atoms with E-state index in [0.29, 0.717) is 17.9 Å². The maximum absolute atomic E-state index is 13.2. The molecule has 1 aliphatic heterocycles. The lowest BCUT2D eigenvalue weighted by Gasteiger charge is -2.32. The van der Waals surface area contributed by atoms with Crippen LogP contribution in [-0.4, -0.2) is 42.5 Å². The Bertz CT molecular complexity index is 706. The fourth-order valence-corrected chi connectivity index (χ4v) is 5.40. The van der Waals surface area contributed by atoms with Gasteiger partial charge in [-0.3, -0.25) is 0 Å². The van der Waals surface area contributed by atoms with Gasteiger partial charge in [0.2, 0.25) is 10.0 Å². The summed E-state index contributed by atoms with van der Waals surface area (Å²) in [7, 11) is -1.96. The Morgan fingerprint density at radius 2 is 1.91 bits per heavy atom. The summed E-state index contributed by atoms with van der Waals surface area (Å²) in [6, 6.07) is -0.0521. The summed E-state index contributed by atoms with van der Waals surface area (Å²) in [4.78, 5) is 12.4. The number of esters is 1. The van der Waals surface area contributed by atoms with E-state index in [9.17, 15) is 13.2 Å². The molecule has 0 aliphatic carbocycles. The molecule has 0 amide bonds. The Morgan fingerprint density at radius 1 is 1.26 bits per heavy atom. The lowest BCUT2D eigenvalue weighted by atomic mass is 10.1. The minimum atomic E-state index is -3.73. The average molecular weight is 342 g/mol. The summed E-state index contributed by atoms with van der Waals surface area (Å²) in [5.74, 6) is -0.572.